The first-order valence-corrected chi connectivity index (χ1v) is 11.4. The molecule has 0 heterocycles. The van der Waals surface area contributed by atoms with Crippen LogP contribution in [0.2, 0.25) is 0 Å². The van der Waals surface area contributed by atoms with Crippen LogP contribution in [0.5, 0.6) is 0 Å². The van der Waals surface area contributed by atoms with Gasteiger partial charge >= 0.3 is 12.1 Å². The van der Waals surface area contributed by atoms with Crippen molar-refractivity contribution in [3.8, 4) is 0 Å². The number of carbonyl (C=O) groups excluding carboxylic acids is 3. The number of amides is 1. The Balaban J connectivity index is 1.84. The van der Waals surface area contributed by atoms with Gasteiger partial charge in [0, 0.05) is 36.7 Å². The number of hydrogen-bond acceptors (Lipinski definition) is 5. The first kappa shape index (κ1) is 24.3. The number of alkyl halides is 3. The van der Waals surface area contributed by atoms with E-state index in [0.717, 1.165) is 6.26 Å². The minimum Gasteiger partial charge on any atom is -0.388 e. The number of ketones is 2. The molecule has 1 atom stereocenters. The van der Waals surface area contributed by atoms with Crippen molar-refractivity contribution >= 4 is 39.0 Å². The van der Waals surface area contributed by atoms with E-state index in [2.05, 4.69) is 9.68 Å². The van der Waals surface area contributed by atoms with Gasteiger partial charge in [-0.05, 0) is 47.0 Å². The average Bonchev–Trinajstić information content (AvgIpc) is 2.72. The summed E-state index contributed by atoms with van der Waals surface area (Å²) < 4.78 is 66.2. The van der Waals surface area contributed by atoms with E-state index in [-0.39, 0.29) is 23.3 Å². The second kappa shape index (κ2) is 8.89. The van der Waals surface area contributed by atoms with E-state index in [9.17, 15) is 36.2 Å². The summed E-state index contributed by atoms with van der Waals surface area (Å²) in [6.45, 7) is 0. The monoisotopic (exact) mass is 482 g/mol. The van der Waals surface area contributed by atoms with Crippen LogP contribution < -0.4 is 5.32 Å². The van der Waals surface area contributed by atoms with Crippen LogP contribution in [0, 0.1) is 5.82 Å². The van der Waals surface area contributed by atoms with Crippen LogP contribution in [0.25, 0.3) is 6.08 Å². The number of benzene rings is 2. The number of nitrogens with one attached hydrogen (secondary N) is 1. The molecule has 1 unspecified atom stereocenters. The van der Waals surface area contributed by atoms with Gasteiger partial charge in [0.2, 0.25) is 0 Å². The van der Waals surface area contributed by atoms with Crippen LogP contribution in [0.1, 0.15) is 16.7 Å². The molecule has 11 heteroatoms. The molecule has 3 rings (SSSR count). The Labute approximate surface area is 186 Å². The molecule has 1 aliphatic rings. The largest absolute Gasteiger partial charge is 0.474 e. The molecule has 2 aromatic rings. The lowest BCUT2D eigenvalue weighted by Gasteiger charge is -2.18. The molecule has 0 aliphatic heterocycles. The summed E-state index contributed by atoms with van der Waals surface area (Å²) >= 11 is 0. The molecule has 0 bridgehead atoms. The molecule has 1 aliphatic carbocycles. The molecular formula is C22H18F4N2O4S. The van der Waals surface area contributed by atoms with Gasteiger partial charge in [-0.25, -0.2) is 8.60 Å². The molecule has 0 radical (unpaired) electrons. The Morgan fingerprint density at radius 2 is 1.79 bits per heavy atom. The van der Waals surface area contributed by atoms with Crippen LogP contribution in [-0.2, 0) is 37.0 Å². The highest BCUT2D eigenvalue weighted by Gasteiger charge is 2.39. The number of rotatable bonds is 5. The zero-order valence-electron chi connectivity index (χ0n) is 17.5. The number of carbonyl (C=O) groups is 3. The third kappa shape index (κ3) is 5.36. The fraction of sp³-hybridized carbons (Fsp3) is 0.227. The summed E-state index contributed by atoms with van der Waals surface area (Å²) in [5.41, 5.74) is 1.76. The van der Waals surface area contributed by atoms with Gasteiger partial charge in [-0.1, -0.05) is 12.1 Å². The molecular weight excluding hydrogens is 464 g/mol. The predicted molar refractivity (Wildman–Crippen MR) is 114 cm³/mol. The average molecular weight is 482 g/mol. The number of fused-ring (bicyclic) bond motifs is 1. The number of anilines is 1. The summed E-state index contributed by atoms with van der Waals surface area (Å²) in [5, 5.41) is 2.82. The number of allylic oxidation sites excluding steroid dienone is 1. The van der Waals surface area contributed by atoms with Crippen LogP contribution in [0.4, 0.5) is 23.2 Å². The maximum atomic E-state index is 13.8. The molecule has 174 valence electrons. The lowest BCUT2D eigenvalue weighted by Crippen LogP contribution is -2.22. The van der Waals surface area contributed by atoms with Gasteiger partial charge in [0.15, 0.2) is 11.6 Å². The molecule has 0 saturated carbocycles. The van der Waals surface area contributed by atoms with Crippen LogP contribution >= 0.6 is 0 Å². The third-order valence-corrected chi connectivity index (χ3v) is 6.64. The highest BCUT2D eigenvalue weighted by molar-refractivity contribution is 7.93. The number of halogens is 4. The van der Waals surface area contributed by atoms with E-state index < -0.39 is 39.2 Å². The predicted octanol–water partition coefficient (Wildman–Crippen LogP) is 3.73. The van der Waals surface area contributed by atoms with Crippen molar-refractivity contribution < 1.29 is 36.2 Å². The molecule has 6 nitrogen and oxygen atoms in total. The Morgan fingerprint density at radius 3 is 2.36 bits per heavy atom. The van der Waals surface area contributed by atoms with E-state index in [1.54, 1.807) is 7.05 Å². The van der Waals surface area contributed by atoms with E-state index in [1.165, 1.54) is 42.5 Å². The third-order valence-electron chi connectivity index (χ3n) is 4.98. The lowest BCUT2D eigenvalue weighted by molar-refractivity contribution is -0.169. The van der Waals surface area contributed by atoms with E-state index in [4.69, 9.17) is 0 Å². The molecule has 0 saturated heterocycles. The second-order valence-corrected chi connectivity index (χ2v) is 9.63. The lowest BCUT2D eigenvalue weighted by atomic mass is 9.86. The van der Waals surface area contributed by atoms with Crippen molar-refractivity contribution in [2.75, 3.05) is 18.6 Å². The smallest absolute Gasteiger partial charge is 0.388 e. The molecule has 1 amide bonds. The summed E-state index contributed by atoms with van der Waals surface area (Å²) in [6, 6.07) is 7.61. The highest BCUT2D eigenvalue weighted by Crippen LogP contribution is 2.30. The van der Waals surface area contributed by atoms with Gasteiger partial charge in [-0.3, -0.25) is 14.4 Å². The van der Waals surface area contributed by atoms with Gasteiger partial charge in [0.25, 0.3) is 0 Å². The highest BCUT2D eigenvalue weighted by atomic mass is 32.2. The van der Waals surface area contributed by atoms with Crippen molar-refractivity contribution in [1.82, 2.24) is 0 Å². The maximum Gasteiger partial charge on any atom is 0.474 e. The van der Waals surface area contributed by atoms with Crippen molar-refractivity contribution in [2.45, 2.75) is 23.9 Å². The van der Waals surface area contributed by atoms with Crippen molar-refractivity contribution in [2.24, 2.45) is 4.36 Å². The van der Waals surface area contributed by atoms with Gasteiger partial charge in [0.1, 0.15) is 5.82 Å². The van der Waals surface area contributed by atoms with Crippen molar-refractivity contribution in [1.29, 1.82) is 0 Å². The SMILES string of the molecule is CNc1cc(F)cc2c1CC(=O)C(C(=O)Cc1ccc(S(C)(=O)=NC(=O)C(F)(F)F)cc1)=C2. The minimum atomic E-state index is -5.24. The van der Waals surface area contributed by atoms with Gasteiger partial charge in [-0.15, -0.1) is 4.36 Å². The zero-order valence-corrected chi connectivity index (χ0v) is 18.3. The van der Waals surface area contributed by atoms with E-state index >= 15 is 0 Å². The summed E-state index contributed by atoms with van der Waals surface area (Å²) in [7, 11) is -2.06. The number of hydrogen-bond donors (Lipinski definition) is 1. The number of nitrogens with zero attached hydrogens (tertiary/aromatic N) is 1. The first-order valence-electron chi connectivity index (χ1n) is 9.52. The molecule has 33 heavy (non-hydrogen) atoms. The van der Waals surface area contributed by atoms with Gasteiger partial charge < -0.3 is 5.32 Å². The van der Waals surface area contributed by atoms with Crippen molar-refractivity contribution in [3.63, 3.8) is 0 Å². The Bertz CT molecular complexity index is 1300. The molecule has 2 aromatic carbocycles. The Kier molecular flexibility index (Phi) is 6.55. The standard InChI is InChI=1S/C22H18F4N2O4S/c1-27-18-10-14(23)8-13-9-17(20(30)11-16(13)18)19(29)7-12-3-5-15(6-4-12)33(2,32)28-21(31)22(24,25)26/h3-6,8-10,27H,7,11H2,1-2H3. The summed E-state index contributed by atoms with van der Waals surface area (Å²) in [5.74, 6) is -3.92. The van der Waals surface area contributed by atoms with Crippen LogP contribution in [0.15, 0.2) is 51.2 Å². The summed E-state index contributed by atoms with van der Waals surface area (Å²) in [4.78, 5) is 36.2. The minimum absolute atomic E-state index is 0.0745. The zero-order chi connectivity index (χ0) is 24.6. The second-order valence-electron chi connectivity index (χ2n) is 7.37. The number of Topliss-reactive ketones (excluding diaryl/α,β-unsaturated/α-hetero) is 2. The van der Waals surface area contributed by atoms with Crippen LogP contribution in [-0.4, -0.2) is 41.2 Å². The van der Waals surface area contributed by atoms with E-state index in [0.29, 0.717) is 22.4 Å². The van der Waals surface area contributed by atoms with Gasteiger partial charge in [-0.2, -0.15) is 13.2 Å². The van der Waals surface area contributed by atoms with Gasteiger partial charge in [0.05, 0.1) is 15.3 Å². The normalized spacial score (nSPS) is 15.2. The maximum absolute atomic E-state index is 13.8. The molecule has 0 aromatic heterocycles. The fourth-order valence-electron chi connectivity index (χ4n) is 3.34. The van der Waals surface area contributed by atoms with Crippen LogP contribution in [0.3, 0.4) is 0 Å². The molecule has 1 N–H and O–H groups in total. The Hall–Kier alpha value is -3.34. The fourth-order valence-corrected chi connectivity index (χ4v) is 4.50. The molecule has 0 fully saturated rings. The summed E-state index contributed by atoms with van der Waals surface area (Å²) in [6.07, 6.45) is -3.29. The first-order chi connectivity index (χ1) is 15.3. The van der Waals surface area contributed by atoms with E-state index in [1.807, 2.05) is 0 Å². The molecule has 0 spiro atoms. The topological polar surface area (TPSA) is 92.7 Å². The Morgan fingerprint density at radius 1 is 1.15 bits per heavy atom. The quantitative estimate of drug-likeness (QED) is 0.518. The van der Waals surface area contributed by atoms with Crippen molar-refractivity contribution in [3.05, 3.63) is 64.5 Å².